The van der Waals surface area contributed by atoms with Gasteiger partial charge in [0.1, 0.15) is 12.2 Å². The Morgan fingerprint density at radius 3 is 2.85 bits per heavy atom. The third kappa shape index (κ3) is 3.38. The fourth-order valence-corrected chi connectivity index (χ4v) is 2.89. The van der Waals surface area contributed by atoms with Gasteiger partial charge >= 0.3 is 0 Å². The van der Waals surface area contributed by atoms with Crippen LogP contribution in [0.1, 0.15) is 59.3 Å². The summed E-state index contributed by atoms with van der Waals surface area (Å²) in [7, 11) is 0. The molecule has 1 aromatic rings. The fraction of sp³-hybridized carbons (Fsp3) is 0.867. The van der Waals surface area contributed by atoms with Gasteiger partial charge in [-0.3, -0.25) is 4.90 Å². The molecule has 1 aromatic heterocycles. The van der Waals surface area contributed by atoms with E-state index in [0.29, 0.717) is 12.1 Å². The summed E-state index contributed by atoms with van der Waals surface area (Å²) in [5.41, 5.74) is 0.165. The lowest BCUT2D eigenvalue weighted by Gasteiger charge is -2.46. The third-order valence-corrected chi connectivity index (χ3v) is 4.23. The molecule has 1 fully saturated rings. The number of piperazine rings is 1. The standard InChI is InChI=1S/C15H29N5/c1-6-7-13-8-19(15(4,5)10-16-13)9-14-17-11-18-20(14)12(2)3/h11-13,16H,6-10H2,1-5H3. The van der Waals surface area contributed by atoms with E-state index in [1.54, 1.807) is 6.33 Å². The molecule has 0 aromatic carbocycles. The lowest BCUT2D eigenvalue weighted by atomic mass is 9.96. The molecule has 20 heavy (non-hydrogen) atoms. The lowest BCUT2D eigenvalue weighted by molar-refractivity contribution is 0.0523. The number of aromatic nitrogens is 3. The van der Waals surface area contributed by atoms with Crippen molar-refractivity contribution in [1.82, 2.24) is 25.0 Å². The Balaban J connectivity index is 2.10. The van der Waals surface area contributed by atoms with Crippen LogP contribution in [-0.4, -0.2) is 44.3 Å². The molecular weight excluding hydrogens is 250 g/mol. The van der Waals surface area contributed by atoms with Crippen molar-refractivity contribution >= 4 is 0 Å². The highest BCUT2D eigenvalue weighted by Crippen LogP contribution is 2.22. The van der Waals surface area contributed by atoms with Gasteiger partial charge in [0.2, 0.25) is 0 Å². The first-order valence-electron chi connectivity index (χ1n) is 7.81. The van der Waals surface area contributed by atoms with E-state index >= 15 is 0 Å². The maximum Gasteiger partial charge on any atom is 0.141 e. The zero-order valence-corrected chi connectivity index (χ0v) is 13.6. The largest absolute Gasteiger partial charge is 0.311 e. The smallest absolute Gasteiger partial charge is 0.141 e. The van der Waals surface area contributed by atoms with Crippen molar-refractivity contribution in [3.8, 4) is 0 Å². The van der Waals surface area contributed by atoms with Crippen LogP contribution in [0, 0.1) is 0 Å². The molecule has 0 bridgehead atoms. The van der Waals surface area contributed by atoms with Crippen LogP contribution >= 0.6 is 0 Å². The molecule has 0 radical (unpaired) electrons. The molecule has 1 atom stereocenters. The van der Waals surface area contributed by atoms with Gasteiger partial charge in [-0.05, 0) is 34.1 Å². The van der Waals surface area contributed by atoms with Crippen LogP contribution in [-0.2, 0) is 6.54 Å². The van der Waals surface area contributed by atoms with Gasteiger partial charge in [0.15, 0.2) is 0 Å². The molecule has 0 saturated carbocycles. The van der Waals surface area contributed by atoms with Crippen molar-refractivity contribution in [1.29, 1.82) is 0 Å². The fourth-order valence-electron chi connectivity index (χ4n) is 2.89. The second-order valence-corrected chi connectivity index (χ2v) is 6.77. The Bertz CT molecular complexity index is 424. The van der Waals surface area contributed by atoms with Crippen LogP contribution < -0.4 is 5.32 Å². The van der Waals surface area contributed by atoms with Crippen LogP contribution in [0.4, 0.5) is 0 Å². The molecule has 0 spiro atoms. The summed E-state index contributed by atoms with van der Waals surface area (Å²) < 4.78 is 2.03. The van der Waals surface area contributed by atoms with Crippen LogP contribution in [0.2, 0.25) is 0 Å². The van der Waals surface area contributed by atoms with E-state index in [9.17, 15) is 0 Å². The molecule has 1 saturated heterocycles. The van der Waals surface area contributed by atoms with Crippen LogP contribution in [0.15, 0.2) is 6.33 Å². The van der Waals surface area contributed by atoms with Gasteiger partial charge < -0.3 is 5.32 Å². The van der Waals surface area contributed by atoms with E-state index in [1.807, 2.05) is 4.68 Å². The van der Waals surface area contributed by atoms with Gasteiger partial charge in [-0.2, -0.15) is 5.10 Å². The van der Waals surface area contributed by atoms with Crippen molar-refractivity contribution in [2.24, 2.45) is 0 Å². The molecule has 0 amide bonds. The van der Waals surface area contributed by atoms with Gasteiger partial charge in [0.05, 0.1) is 6.54 Å². The van der Waals surface area contributed by atoms with E-state index in [0.717, 1.165) is 25.5 Å². The molecular formula is C15H29N5. The predicted octanol–water partition coefficient (Wildman–Crippen LogP) is 2.21. The van der Waals surface area contributed by atoms with Crippen molar-refractivity contribution in [2.45, 2.75) is 71.6 Å². The quantitative estimate of drug-likeness (QED) is 0.897. The van der Waals surface area contributed by atoms with Crippen LogP contribution in [0.3, 0.4) is 0 Å². The zero-order chi connectivity index (χ0) is 14.8. The summed E-state index contributed by atoms with van der Waals surface area (Å²) in [6.45, 7) is 14.2. The predicted molar refractivity (Wildman–Crippen MR) is 81.6 cm³/mol. The lowest BCUT2D eigenvalue weighted by Crippen LogP contribution is -2.61. The number of hydrogen-bond donors (Lipinski definition) is 1. The molecule has 5 heteroatoms. The highest BCUT2D eigenvalue weighted by atomic mass is 15.4. The highest BCUT2D eigenvalue weighted by molar-refractivity contribution is 4.96. The minimum atomic E-state index is 0.165. The van der Waals surface area contributed by atoms with Gasteiger partial charge in [-0.1, -0.05) is 13.3 Å². The Morgan fingerprint density at radius 2 is 2.20 bits per heavy atom. The molecule has 5 nitrogen and oxygen atoms in total. The summed E-state index contributed by atoms with van der Waals surface area (Å²) in [6.07, 6.45) is 4.14. The molecule has 1 unspecified atom stereocenters. The Hall–Kier alpha value is -0.940. The van der Waals surface area contributed by atoms with Crippen molar-refractivity contribution in [2.75, 3.05) is 13.1 Å². The van der Waals surface area contributed by atoms with Crippen LogP contribution in [0.5, 0.6) is 0 Å². The molecule has 0 aliphatic carbocycles. The minimum Gasteiger partial charge on any atom is -0.311 e. The normalized spacial score (nSPS) is 23.4. The first-order chi connectivity index (χ1) is 9.44. The third-order valence-electron chi connectivity index (χ3n) is 4.23. The van der Waals surface area contributed by atoms with E-state index < -0.39 is 0 Å². The first-order valence-corrected chi connectivity index (χ1v) is 7.81. The van der Waals surface area contributed by atoms with Gasteiger partial charge in [-0.25, -0.2) is 9.67 Å². The number of rotatable bonds is 5. The molecule has 2 heterocycles. The van der Waals surface area contributed by atoms with Crippen molar-refractivity contribution in [3.05, 3.63) is 12.2 Å². The zero-order valence-electron chi connectivity index (χ0n) is 13.6. The molecule has 1 aliphatic rings. The molecule has 1 aliphatic heterocycles. The monoisotopic (exact) mass is 279 g/mol. The number of hydrogen-bond acceptors (Lipinski definition) is 4. The van der Waals surface area contributed by atoms with E-state index in [-0.39, 0.29) is 5.54 Å². The Labute approximate surface area is 122 Å². The minimum absolute atomic E-state index is 0.165. The Morgan fingerprint density at radius 1 is 1.45 bits per heavy atom. The summed E-state index contributed by atoms with van der Waals surface area (Å²) in [5.74, 6) is 1.07. The van der Waals surface area contributed by atoms with Gasteiger partial charge in [0.25, 0.3) is 0 Å². The molecule has 1 N–H and O–H groups in total. The summed E-state index contributed by atoms with van der Waals surface area (Å²) in [4.78, 5) is 7.01. The maximum absolute atomic E-state index is 4.46. The first kappa shape index (κ1) is 15.4. The maximum atomic E-state index is 4.46. The van der Waals surface area contributed by atoms with E-state index in [2.05, 4.69) is 54.9 Å². The second kappa shape index (κ2) is 6.22. The SMILES string of the molecule is CCCC1CN(Cc2ncnn2C(C)C)C(C)(C)CN1. The van der Waals surface area contributed by atoms with E-state index in [4.69, 9.17) is 0 Å². The van der Waals surface area contributed by atoms with E-state index in [1.165, 1.54) is 12.8 Å². The van der Waals surface area contributed by atoms with Crippen molar-refractivity contribution in [3.63, 3.8) is 0 Å². The second-order valence-electron chi connectivity index (χ2n) is 6.77. The average Bonchev–Trinajstić information content (AvgIpc) is 2.82. The highest BCUT2D eigenvalue weighted by Gasteiger charge is 2.34. The Kier molecular flexibility index (Phi) is 4.81. The molecule has 2 rings (SSSR count). The van der Waals surface area contributed by atoms with Gasteiger partial charge in [-0.15, -0.1) is 0 Å². The summed E-state index contributed by atoms with van der Waals surface area (Å²) >= 11 is 0. The number of nitrogens with zero attached hydrogens (tertiary/aromatic N) is 4. The van der Waals surface area contributed by atoms with Crippen LogP contribution in [0.25, 0.3) is 0 Å². The topological polar surface area (TPSA) is 46.0 Å². The summed E-state index contributed by atoms with van der Waals surface area (Å²) in [6, 6.07) is 0.966. The summed E-state index contributed by atoms with van der Waals surface area (Å²) in [5, 5.41) is 8.02. The number of nitrogens with one attached hydrogen (secondary N) is 1. The average molecular weight is 279 g/mol. The van der Waals surface area contributed by atoms with Crippen molar-refractivity contribution < 1.29 is 0 Å². The van der Waals surface area contributed by atoms with Gasteiger partial charge in [0, 0.05) is 30.7 Å². The molecule has 114 valence electrons.